The smallest absolute Gasteiger partial charge is 0.251 e. The maximum absolute atomic E-state index is 12.3. The summed E-state index contributed by atoms with van der Waals surface area (Å²) in [5, 5.41) is 5.01. The monoisotopic (exact) mass is 308 g/mol. The third-order valence-corrected chi connectivity index (χ3v) is 4.35. The number of carbonyl (C=O) groups excluding carboxylic acids is 1. The zero-order chi connectivity index (χ0) is 15.4. The van der Waals surface area contributed by atoms with Crippen molar-refractivity contribution in [3.63, 3.8) is 0 Å². The van der Waals surface area contributed by atoms with Crippen molar-refractivity contribution < 1.29 is 4.79 Å². The maximum atomic E-state index is 12.3. The van der Waals surface area contributed by atoms with Crippen LogP contribution in [-0.4, -0.2) is 10.9 Å². The predicted molar refractivity (Wildman–Crippen MR) is 89.9 cm³/mol. The van der Waals surface area contributed by atoms with E-state index in [9.17, 15) is 4.79 Å². The van der Waals surface area contributed by atoms with Gasteiger partial charge in [-0.25, -0.2) is 0 Å². The third kappa shape index (κ3) is 3.07. The molecule has 0 aliphatic heterocycles. The number of hydrogen-bond acceptors (Lipinski definition) is 3. The number of amides is 1. The van der Waals surface area contributed by atoms with Crippen molar-refractivity contribution in [1.82, 2.24) is 10.3 Å². The number of rotatable bonds is 4. The SMILES string of the molecule is Cc1ccccc1C(=O)NCc1cccnc1-c1cccs1. The van der Waals surface area contributed by atoms with E-state index in [0.717, 1.165) is 21.7 Å². The summed E-state index contributed by atoms with van der Waals surface area (Å²) in [5.41, 5.74) is 3.64. The molecule has 0 atom stereocenters. The summed E-state index contributed by atoms with van der Waals surface area (Å²) in [5.74, 6) is -0.0564. The second-order valence-electron chi connectivity index (χ2n) is 4.99. The van der Waals surface area contributed by atoms with Crippen molar-refractivity contribution in [3.05, 3.63) is 76.8 Å². The van der Waals surface area contributed by atoms with Crippen LogP contribution in [0.15, 0.2) is 60.1 Å². The molecule has 22 heavy (non-hydrogen) atoms. The lowest BCUT2D eigenvalue weighted by Gasteiger charge is -2.10. The van der Waals surface area contributed by atoms with E-state index in [1.54, 1.807) is 17.5 Å². The Morgan fingerprint density at radius 1 is 1.14 bits per heavy atom. The summed E-state index contributed by atoms with van der Waals surface area (Å²) in [6.45, 7) is 2.41. The van der Waals surface area contributed by atoms with Gasteiger partial charge in [-0.15, -0.1) is 11.3 Å². The summed E-state index contributed by atoms with van der Waals surface area (Å²) < 4.78 is 0. The second kappa shape index (κ2) is 6.54. The van der Waals surface area contributed by atoms with E-state index in [1.807, 2.05) is 60.8 Å². The zero-order valence-electron chi connectivity index (χ0n) is 12.2. The summed E-state index contributed by atoms with van der Waals surface area (Å²) in [4.78, 5) is 17.9. The molecule has 0 saturated heterocycles. The van der Waals surface area contributed by atoms with Crippen molar-refractivity contribution in [2.24, 2.45) is 0 Å². The largest absolute Gasteiger partial charge is 0.348 e. The third-order valence-electron chi connectivity index (χ3n) is 3.47. The number of hydrogen-bond donors (Lipinski definition) is 1. The first-order valence-corrected chi connectivity index (χ1v) is 7.95. The van der Waals surface area contributed by atoms with Gasteiger partial charge in [0, 0.05) is 18.3 Å². The fourth-order valence-electron chi connectivity index (χ4n) is 2.31. The van der Waals surface area contributed by atoms with Gasteiger partial charge in [-0.3, -0.25) is 9.78 Å². The first-order chi connectivity index (χ1) is 10.8. The van der Waals surface area contributed by atoms with Crippen LogP contribution in [0.4, 0.5) is 0 Å². The number of aromatic nitrogens is 1. The standard InChI is InChI=1S/C18H16N2OS/c1-13-6-2-3-8-15(13)18(21)20-12-14-7-4-10-19-17(14)16-9-5-11-22-16/h2-11H,12H2,1H3,(H,20,21). The minimum atomic E-state index is -0.0564. The highest BCUT2D eigenvalue weighted by Gasteiger charge is 2.11. The van der Waals surface area contributed by atoms with Crippen LogP contribution >= 0.6 is 11.3 Å². The Balaban J connectivity index is 1.78. The molecule has 1 amide bonds. The molecule has 2 aromatic heterocycles. The molecule has 3 aromatic rings. The van der Waals surface area contributed by atoms with Crippen LogP contribution in [0.1, 0.15) is 21.5 Å². The lowest BCUT2D eigenvalue weighted by molar-refractivity contribution is 0.0950. The quantitative estimate of drug-likeness (QED) is 0.790. The molecule has 1 aromatic carbocycles. The van der Waals surface area contributed by atoms with E-state index in [-0.39, 0.29) is 5.91 Å². The maximum Gasteiger partial charge on any atom is 0.251 e. The van der Waals surface area contributed by atoms with Crippen LogP contribution in [0.25, 0.3) is 10.6 Å². The van der Waals surface area contributed by atoms with Crippen LogP contribution < -0.4 is 5.32 Å². The number of nitrogens with zero attached hydrogens (tertiary/aromatic N) is 1. The molecule has 3 rings (SSSR count). The van der Waals surface area contributed by atoms with Crippen molar-refractivity contribution in [2.45, 2.75) is 13.5 Å². The Labute approximate surface area is 133 Å². The van der Waals surface area contributed by atoms with Gasteiger partial charge in [-0.1, -0.05) is 30.3 Å². The Bertz CT molecular complexity index is 781. The van der Waals surface area contributed by atoms with Gasteiger partial charge in [-0.2, -0.15) is 0 Å². The highest BCUT2D eigenvalue weighted by atomic mass is 32.1. The first kappa shape index (κ1) is 14.5. The molecule has 0 bridgehead atoms. The van der Waals surface area contributed by atoms with Gasteiger partial charge in [0.15, 0.2) is 0 Å². The predicted octanol–water partition coefficient (Wildman–Crippen LogP) is 4.05. The molecule has 3 nitrogen and oxygen atoms in total. The summed E-state index contributed by atoms with van der Waals surface area (Å²) in [6, 6.07) is 15.5. The Kier molecular flexibility index (Phi) is 4.30. The number of benzene rings is 1. The van der Waals surface area contributed by atoms with Crippen molar-refractivity contribution >= 4 is 17.2 Å². The molecular weight excluding hydrogens is 292 g/mol. The molecule has 110 valence electrons. The fourth-order valence-corrected chi connectivity index (χ4v) is 3.07. The summed E-state index contributed by atoms with van der Waals surface area (Å²) in [6.07, 6.45) is 1.78. The molecular formula is C18H16N2OS. The van der Waals surface area contributed by atoms with Crippen LogP contribution in [0.3, 0.4) is 0 Å². The van der Waals surface area contributed by atoms with Crippen LogP contribution in [0, 0.1) is 6.92 Å². The molecule has 0 unspecified atom stereocenters. The lowest BCUT2D eigenvalue weighted by atomic mass is 10.1. The van der Waals surface area contributed by atoms with Gasteiger partial charge in [0.05, 0.1) is 10.6 Å². The van der Waals surface area contributed by atoms with Gasteiger partial charge in [0.2, 0.25) is 0 Å². The summed E-state index contributed by atoms with van der Waals surface area (Å²) in [7, 11) is 0. The fraction of sp³-hybridized carbons (Fsp3) is 0.111. The molecule has 1 N–H and O–H groups in total. The van der Waals surface area contributed by atoms with Gasteiger partial charge in [0.25, 0.3) is 5.91 Å². The van der Waals surface area contributed by atoms with Gasteiger partial charge < -0.3 is 5.32 Å². The van der Waals surface area contributed by atoms with Crippen molar-refractivity contribution in [3.8, 4) is 10.6 Å². The first-order valence-electron chi connectivity index (χ1n) is 7.07. The van der Waals surface area contributed by atoms with Crippen LogP contribution in [-0.2, 0) is 6.54 Å². The number of pyridine rings is 1. The minimum absolute atomic E-state index is 0.0564. The van der Waals surface area contributed by atoms with Gasteiger partial charge in [-0.05, 0) is 41.6 Å². The molecule has 0 spiro atoms. The molecule has 0 fully saturated rings. The van der Waals surface area contributed by atoms with Gasteiger partial charge in [0.1, 0.15) is 0 Å². The van der Waals surface area contributed by atoms with E-state index in [2.05, 4.69) is 10.3 Å². The topological polar surface area (TPSA) is 42.0 Å². The number of aryl methyl sites for hydroxylation is 1. The van der Waals surface area contributed by atoms with E-state index in [1.165, 1.54) is 0 Å². The minimum Gasteiger partial charge on any atom is -0.348 e. The molecule has 4 heteroatoms. The highest BCUT2D eigenvalue weighted by molar-refractivity contribution is 7.13. The summed E-state index contributed by atoms with van der Waals surface area (Å²) >= 11 is 1.65. The normalized spacial score (nSPS) is 10.4. The average molecular weight is 308 g/mol. The van der Waals surface area contributed by atoms with E-state index in [0.29, 0.717) is 12.1 Å². The lowest BCUT2D eigenvalue weighted by Crippen LogP contribution is -2.24. The molecule has 0 radical (unpaired) electrons. The second-order valence-corrected chi connectivity index (χ2v) is 5.93. The number of carbonyl (C=O) groups is 1. The van der Waals surface area contributed by atoms with Gasteiger partial charge >= 0.3 is 0 Å². The highest BCUT2D eigenvalue weighted by Crippen LogP contribution is 2.25. The number of thiophene rings is 1. The molecule has 0 saturated carbocycles. The van der Waals surface area contributed by atoms with Crippen molar-refractivity contribution in [2.75, 3.05) is 0 Å². The zero-order valence-corrected chi connectivity index (χ0v) is 13.1. The molecule has 0 aliphatic rings. The Hall–Kier alpha value is -2.46. The van der Waals surface area contributed by atoms with E-state index >= 15 is 0 Å². The molecule has 2 heterocycles. The van der Waals surface area contributed by atoms with Crippen LogP contribution in [0.5, 0.6) is 0 Å². The van der Waals surface area contributed by atoms with E-state index < -0.39 is 0 Å². The van der Waals surface area contributed by atoms with E-state index in [4.69, 9.17) is 0 Å². The molecule has 0 aliphatic carbocycles. The number of nitrogens with one attached hydrogen (secondary N) is 1. The average Bonchev–Trinajstić information content (AvgIpc) is 3.07. The Morgan fingerprint density at radius 3 is 2.77 bits per heavy atom. The Morgan fingerprint density at radius 2 is 2.00 bits per heavy atom. The van der Waals surface area contributed by atoms with Crippen molar-refractivity contribution in [1.29, 1.82) is 0 Å². The van der Waals surface area contributed by atoms with Crippen LogP contribution in [0.2, 0.25) is 0 Å².